The molecule has 1 fully saturated rings. The molecule has 37 heavy (non-hydrogen) atoms. The standard InChI is InChI=1S/C30H32N2O5/c1-6-31(7-2)20-12-14-21(15-13-20)32-27(23-11-9-8-10-19(23)3)26(29(34)30(32)35)28(33)24-18-22(36-4)16-17-25(24)37-5/h8-18,27,33H,6-7H2,1-5H3/b28-26+. The van der Waals surface area contributed by atoms with Crippen LogP contribution in [0.25, 0.3) is 5.76 Å². The minimum absolute atomic E-state index is 0.00123. The topological polar surface area (TPSA) is 79.3 Å². The summed E-state index contributed by atoms with van der Waals surface area (Å²) in [4.78, 5) is 30.7. The second-order valence-corrected chi connectivity index (χ2v) is 8.78. The van der Waals surface area contributed by atoms with Crippen LogP contribution in [0.2, 0.25) is 0 Å². The maximum Gasteiger partial charge on any atom is 0.300 e. The van der Waals surface area contributed by atoms with Crippen molar-refractivity contribution in [3.05, 3.63) is 89.0 Å². The van der Waals surface area contributed by atoms with Gasteiger partial charge in [0.25, 0.3) is 11.7 Å². The summed E-state index contributed by atoms with van der Waals surface area (Å²) in [5, 5.41) is 11.5. The van der Waals surface area contributed by atoms with Gasteiger partial charge in [-0.25, -0.2) is 0 Å². The van der Waals surface area contributed by atoms with Crippen molar-refractivity contribution in [3.63, 3.8) is 0 Å². The van der Waals surface area contributed by atoms with Crippen LogP contribution in [-0.4, -0.2) is 44.1 Å². The van der Waals surface area contributed by atoms with Crippen molar-refractivity contribution in [3.8, 4) is 11.5 Å². The number of hydrogen-bond donors (Lipinski definition) is 1. The molecule has 1 amide bonds. The minimum atomic E-state index is -0.823. The van der Waals surface area contributed by atoms with Crippen molar-refractivity contribution in [1.29, 1.82) is 0 Å². The number of nitrogens with zero attached hydrogens (tertiary/aromatic N) is 2. The Balaban J connectivity index is 1.93. The van der Waals surface area contributed by atoms with Crippen LogP contribution < -0.4 is 19.3 Å². The number of ether oxygens (including phenoxy) is 2. The first-order valence-corrected chi connectivity index (χ1v) is 12.3. The van der Waals surface area contributed by atoms with E-state index in [0.29, 0.717) is 17.2 Å². The van der Waals surface area contributed by atoms with Crippen LogP contribution in [-0.2, 0) is 9.59 Å². The molecule has 0 spiro atoms. The lowest BCUT2D eigenvalue weighted by molar-refractivity contribution is -0.132. The molecule has 0 aromatic heterocycles. The average Bonchev–Trinajstić information content (AvgIpc) is 3.19. The van der Waals surface area contributed by atoms with E-state index < -0.39 is 17.7 Å². The fraction of sp³-hybridized carbons (Fsp3) is 0.267. The maximum absolute atomic E-state index is 13.5. The van der Waals surface area contributed by atoms with Crippen molar-refractivity contribution >= 4 is 28.8 Å². The number of aliphatic hydroxyl groups is 1. The maximum atomic E-state index is 13.5. The molecule has 1 unspecified atom stereocenters. The van der Waals surface area contributed by atoms with E-state index in [9.17, 15) is 14.7 Å². The third-order valence-corrected chi connectivity index (χ3v) is 6.85. The summed E-state index contributed by atoms with van der Waals surface area (Å²) in [5.74, 6) is -0.937. The highest BCUT2D eigenvalue weighted by Gasteiger charge is 2.47. The molecule has 4 rings (SSSR count). The smallest absolute Gasteiger partial charge is 0.300 e. The van der Waals surface area contributed by atoms with Crippen LogP contribution in [0.4, 0.5) is 11.4 Å². The second kappa shape index (κ2) is 10.8. The van der Waals surface area contributed by atoms with E-state index in [0.717, 1.165) is 29.9 Å². The molecular weight excluding hydrogens is 468 g/mol. The Morgan fingerprint density at radius 1 is 0.946 bits per heavy atom. The normalized spacial score (nSPS) is 16.7. The Morgan fingerprint density at radius 3 is 2.22 bits per heavy atom. The summed E-state index contributed by atoms with van der Waals surface area (Å²) in [6.45, 7) is 7.80. The molecule has 3 aromatic rings. The number of carbonyl (C=O) groups excluding carboxylic acids is 2. The lowest BCUT2D eigenvalue weighted by atomic mass is 9.92. The molecule has 1 saturated heterocycles. The van der Waals surface area contributed by atoms with E-state index >= 15 is 0 Å². The van der Waals surface area contributed by atoms with Gasteiger partial charge >= 0.3 is 0 Å². The number of Topliss-reactive ketones (excluding diaryl/α,β-unsaturated/α-hetero) is 1. The molecule has 3 aromatic carbocycles. The Kier molecular flexibility index (Phi) is 7.53. The zero-order chi connectivity index (χ0) is 26.7. The lowest BCUT2D eigenvalue weighted by Gasteiger charge is -2.28. The van der Waals surface area contributed by atoms with Crippen molar-refractivity contribution in [1.82, 2.24) is 0 Å². The number of carbonyl (C=O) groups is 2. The van der Waals surface area contributed by atoms with Gasteiger partial charge in [-0.15, -0.1) is 0 Å². The number of aliphatic hydroxyl groups excluding tert-OH is 1. The summed E-state index contributed by atoms with van der Waals surface area (Å²) in [5.41, 5.74) is 3.51. The predicted molar refractivity (Wildman–Crippen MR) is 146 cm³/mol. The largest absolute Gasteiger partial charge is 0.507 e. The zero-order valence-corrected chi connectivity index (χ0v) is 21.8. The number of anilines is 2. The highest BCUT2D eigenvalue weighted by molar-refractivity contribution is 6.51. The molecule has 7 nitrogen and oxygen atoms in total. The Hall–Kier alpha value is -4.26. The molecule has 0 saturated carbocycles. The Bertz CT molecular complexity index is 1340. The van der Waals surface area contributed by atoms with Gasteiger partial charge in [0, 0.05) is 24.5 Å². The van der Waals surface area contributed by atoms with Gasteiger partial charge < -0.3 is 19.5 Å². The summed E-state index contributed by atoms with van der Waals surface area (Å²) >= 11 is 0. The molecule has 1 aliphatic heterocycles. The molecule has 0 aliphatic carbocycles. The molecule has 0 radical (unpaired) electrons. The third kappa shape index (κ3) is 4.65. The summed E-state index contributed by atoms with van der Waals surface area (Å²) in [6.07, 6.45) is 0. The molecule has 0 bridgehead atoms. The van der Waals surface area contributed by atoms with Crippen LogP contribution in [0.3, 0.4) is 0 Å². The SMILES string of the molecule is CCN(CC)c1ccc(N2C(=O)C(=O)/C(=C(/O)c3cc(OC)ccc3OC)C2c2ccccc2C)cc1. The monoisotopic (exact) mass is 500 g/mol. The molecule has 1 atom stereocenters. The van der Waals surface area contributed by atoms with Crippen LogP contribution >= 0.6 is 0 Å². The van der Waals surface area contributed by atoms with Gasteiger partial charge in [-0.05, 0) is 74.4 Å². The van der Waals surface area contributed by atoms with Crippen LogP contribution in [0.5, 0.6) is 11.5 Å². The minimum Gasteiger partial charge on any atom is -0.507 e. The van der Waals surface area contributed by atoms with Gasteiger partial charge in [-0.1, -0.05) is 24.3 Å². The quantitative estimate of drug-likeness (QED) is 0.251. The molecule has 1 N–H and O–H groups in total. The van der Waals surface area contributed by atoms with Gasteiger partial charge in [-0.3, -0.25) is 14.5 Å². The highest BCUT2D eigenvalue weighted by Crippen LogP contribution is 2.44. The zero-order valence-electron chi connectivity index (χ0n) is 21.8. The summed E-state index contributed by atoms with van der Waals surface area (Å²) in [7, 11) is 2.99. The molecule has 1 heterocycles. The van der Waals surface area contributed by atoms with Crippen LogP contribution in [0.15, 0.2) is 72.3 Å². The first-order chi connectivity index (χ1) is 17.9. The van der Waals surface area contributed by atoms with E-state index in [1.165, 1.54) is 19.1 Å². The van der Waals surface area contributed by atoms with E-state index in [1.807, 2.05) is 55.5 Å². The summed E-state index contributed by atoms with van der Waals surface area (Å²) in [6, 6.07) is 19.3. The molecular formula is C30H32N2O5. The van der Waals surface area contributed by atoms with Crippen molar-refractivity contribution in [2.75, 3.05) is 37.1 Å². The summed E-state index contributed by atoms with van der Waals surface area (Å²) < 4.78 is 10.8. The van der Waals surface area contributed by atoms with Gasteiger partial charge in [0.1, 0.15) is 17.3 Å². The highest BCUT2D eigenvalue weighted by atomic mass is 16.5. The Labute approximate surface area is 217 Å². The number of methoxy groups -OCH3 is 2. The van der Waals surface area contributed by atoms with E-state index in [1.54, 1.807) is 18.2 Å². The lowest BCUT2D eigenvalue weighted by Crippen LogP contribution is -2.30. The van der Waals surface area contributed by atoms with Crippen molar-refractivity contribution in [2.24, 2.45) is 0 Å². The van der Waals surface area contributed by atoms with E-state index in [2.05, 4.69) is 18.7 Å². The predicted octanol–water partition coefficient (Wildman–Crippen LogP) is 5.48. The van der Waals surface area contributed by atoms with Crippen molar-refractivity contribution < 1.29 is 24.2 Å². The Morgan fingerprint density at radius 2 is 1.62 bits per heavy atom. The average molecular weight is 501 g/mol. The number of aryl methyl sites for hydroxylation is 1. The van der Waals surface area contributed by atoms with E-state index in [-0.39, 0.29) is 16.9 Å². The molecule has 192 valence electrons. The van der Waals surface area contributed by atoms with Crippen LogP contribution in [0.1, 0.15) is 36.6 Å². The number of amides is 1. The molecule has 7 heteroatoms. The van der Waals surface area contributed by atoms with Crippen LogP contribution in [0, 0.1) is 6.92 Å². The number of ketones is 1. The van der Waals surface area contributed by atoms with Crippen molar-refractivity contribution in [2.45, 2.75) is 26.8 Å². The van der Waals surface area contributed by atoms with Gasteiger partial charge in [0.2, 0.25) is 0 Å². The second-order valence-electron chi connectivity index (χ2n) is 8.78. The van der Waals surface area contributed by atoms with E-state index in [4.69, 9.17) is 9.47 Å². The number of rotatable bonds is 8. The fourth-order valence-corrected chi connectivity index (χ4v) is 4.84. The van der Waals surface area contributed by atoms with Gasteiger partial charge in [-0.2, -0.15) is 0 Å². The molecule has 1 aliphatic rings. The fourth-order valence-electron chi connectivity index (χ4n) is 4.84. The first kappa shape index (κ1) is 25.8. The van der Waals surface area contributed by atoms with Gasteiger partial charge in [0.15, 0.2) is 0 Å². The third-order valence-electron chi connectivity index (χ3n) is 6.85. The number of hydrogen-bond acceptors (Lipinski definition) is 6. The first-order valence-electron chi connectivity index (χ1n) is 12.3. The van der Waals surface area contributed by atoms with Gasteiger partial charge in [0.05, 0.1) is 31.4 Å². The number of benzene rings is 3.